The summed E-state index contributed by atoms with van der Waals surface area (Å²) in [6.45, 7) is 4.66. The minimum Gasteiger partial charge on any atom is -0.439 e. The lowest BCUT2D eigenvalue weighted by atomic mass is 10.1. The van der Waals surface area contributed by atoms with Crippen molar-refractivity contribution < 1.29 is 4.42 Å². The Morgan fingerprint density at radius 3 is 2.93 bits per heavy atom. The average Bonchev–Trinajstić information content (AvgIpc) is 2.59. The number of aromatic nitrogens is 2. The van der Waals surface area contributed by atoms with Gasteiger partial charge in [-0.05, 0) is 31.5 Å². The third-order valence-corrected chi connectivity index (χ3v) is 2.36. The van der Waals surface area contributed by atoms with Crippen molar-refractivity contribution in [3.05, 3.63) is 23.7 Å². The molecule has 4 heteroatoms. The monoisotopic (exact) mass is 205 g/mol. The van der Waals surface area contributed by atoms with Crippen molar-refractivity contribution in [1.82, 2.24) is 9.97 Å². The first-order valence-electron chi connectivity index (χ1n) is 5.12. The Morgan fingerprint density at radius 2 is 2.20 bits per heavy atom. The van der Waals surface area contributed by atoms with E-state index in [1.165, 1.54) is 0 Å². The smallest absolute Gasteiger partial charge is 0.199 e. The molecule has 0 bridgehead atoms. The molecule has 1 atom stereocenters. The van der Waals surface area contributed by atoms with E-state index in [4.69, 9.17) is 10.2 Å². The maximum absolute atomic E-state index is 5.57. The summed E-state index contributed by atoms with van der Waals surface area (Å²) in [5, 5.41) is 0. The number of fused-ring (bicyclic) bond motifs is 1. The molecule has 0 saturated heterocycles. The van der Waals surface area contributed by atoms with E-state index in [-0.39, 0.29) is 0 Å². The molecule has 0 aliphatic heterocycles. The molecule has 0 amide bonds. The molecule has 4 nitrogen and oxygen atoms in total. The van der Waals surface area contributed by atoms with Crippen molar-refractivity contribution in [2.45, 2.75) is 20.3 Å². The first-order chi connectivity index (χ1) is 7.19. The molecule has 2 rings (SSSR count). The third kappa shape index (κ3) is 2.15. The number of nitrogens with two attached hydrogens (primary N) is 1. The van der Waals surface area contributed by atoms with Crippen LogP contribution in [0.1, 0.15) is 18.5 Å². The minimum atomic E-state index is 0.388. The van der Waals surface area contributed by atoms with Gasteiger partial charge in [-0.15, -0.1) is 0 Å². The Hall–Kier alpha value is -1.42. The summed E-state index contributed by atoms with van der Waals surface area (Å²) in [5.41, 5.74) is 7.95. The maximum atomic E-state index is 5.57. The van der Waals surface area contributed by atoms with Crippen molar-refractivity contribution in [2.24, 2.45) is 11.7 Å². The van der Waals surface area contributed by atoms with Gasteiger partial charge >= 0.3 is 0 Å². The zero-order chi connectivity index (χ0) is 10.8. The van der Waals surface area contributed by atoms with Crippen LogP contribution in [0, 0.1) is 12.8 Å². The molecule has 0 aliphatic rings. The fourth-order valence-corrected chi connectivity index (χ4v) is 1.43. The van der Waals surface area contributed by atoms with Crippen LogP contribution in [0.4, 0.5) is 0 Å². The van der Waals surface area contributed by atoms with Crippen LogP contribution in [0.2, 0.25) is 0 Å². The van der Waals surface area contributed by atoms with Gasteiger partial charge in [0.1, 0.15) is 0 Å². The van der Waals surface area contributed by atoms with Gasteiger partial charge in [0.25, 0.3) is 0 Å². The molecule has 0 spiro atoms. The van der Waals surface area contributed by atoms with Crippen LogP contribution in [0.15, 0.2) is 16.5 Å². The molecule has 2 aromatic rings. The summed E-state index contributed by atoms with van der Waals surface area (Å²) in [7, 11) is 0. The predicted octanol–water partition coefficient (Wildman–Crippen LogP) is 1.67. The molecular formula is C11H15N3O. The number of oxazole rings is 1. The Morgan fingerprint density at radius 1 is 1.40 bits per heavy atom. The standard InChI is InChI=1S/C11H15N3O/c1-7(6-12)5-10-14-11-9(15-10)4-3-8(2)13-11/h3-4,7H,5-6,12H2,1-2H3. The van der Waals surface area contributed by atoms with Gasteiger partial charge < -0.3 is 10.2 Å². The lowest BCUT2D eigenvalue weighted by Gasteiger charge is -2.02. The van der Waals surface area contributed by atoms with Crippen molar-refractivity contribution in [1.29, 1.82) is 0 Å². The molecular weight excluding hydrogens is 190 g/mol. The maximum Gasteiger partial charge on any atom is 0.199 e. The summed E-state index contributed by atoms with van der Waals surface area (Å²) in [6, 6.07) is 3.82. The van der Waals surface area contributed by atoms with Crippen LogP contribution in [-0.4, -0.2) is 16.5 Å². The molecule has 15 heavy (non-hydrogen) atoms. The van der Waals surface area contributed by atoms with Gasteiger partial charge in [-0.1, -0.05) is 6.92 Å². The van der Waals surface area contributed by atoms with E-state index in [1.807, 2.05) is 19.1 Å². The summed E-state index contributed by atoms with van der Waals surface area (Å²) in [5.74, 6) is 1.11. The zero-order valence-electron chi connectivity index (χ0n) is 9.03. The molecule has 0 fully saturated rings. The highest BCUT2D eigenvalue weighted by Crippen LogP contribution is 2.16. The lowest BCUT2D eigenvalue weighted by Crippen LogP contribution is -2.13. The van der Waals surface area contributed by atoms with Gasteiger partial charge in [0.2, 0.25) is 0 Å². The highest BCUT2D eigenvalue weighted by atomic mass is 16.3. The predicted molar refractivity (Wildman–Crippen MR) is 58.5 cm³/mol. The van der Waals surface area contributed by atoms with Gasteiger partial charge in [-0.25, -0.2) is 4.98 Å². The van der Waals surface area contributed by atoms with Gasteiger partial charge in [-0.3, -0.25) is 0 Å². The van der Waals surface area contributed by atoms with E-state index in [0.717, 1.165) is 23.6 Å². The van der Waals surface area contributed by atoms with E-state index in [0.29, 0.717) is 18.1 Å². The highest BCUT2D eigenvalue weighted by Gasteiger charge is 2.09. The number of pyridine rings is 1. The molecule has 2 aromatic heterocycles. The second-order valence-corrected chi connectivity index (χ2v) is 3.93. The molecule has 0 aromatic carbocycles. The largest absolute Gasteiger partial charge is 0.439 e. The van der Waals surface area contributed by atoms with Crippen LogP contribution >= 0.6 is 0 Å². The van der Waals surface area contributed by atoms with Crippen molar-refractivity contribution in [3.63, 3.8) is 0 Å². The molecule has 1 unspecified atom stereocenters. The van der Waals surface area contributed by atoms with Crippen LogP contribution in [0.5, 0.6) is 0 Å². The van der Waals surface area contributed by atoms with E-state index >= 15 is 0 Å². The minimum absolute atomic E-state index is 0.388. The number of aryl methyl sites for hydroxylation is 1. The second kappa shape index (κ2) is 3.98. The van der Waals surface area contributed by atoms with Gasteiger partial charge in [0.05, 0.1) is 0 Å². The summed E-state index contributed by atoms with van der Waals surface area (Å²) in [6.07, 6.45) is 0.770. The van der Waals surface area contributed by atoms with Crippen LogP contribution < -0.4 is 5.73 Å². The van der Waals surface area contributed by atoms with Crippen molar-refractivity contribution >= 4 is 11.2 Å². The van der Waals surface area contributed by atoms with Crippen LogP contribution in [-0.2, 0) is 6.42 Å². The Balaban J connectivity index is 2.30. The van der Waals surface area contributed by atoms with Crippen LogP contribution in [0.25, 0.3) is 11.2 Å². The van der Waals surface area contributed by atoms with E-state index in [9.17, 15) is 0 Å². The van der Waals surface area contributed by atoms with Gasteiger partial charge in [0.15, 0.2) is 17.1 Å². The third-order valence-electron chi connectivity index (χ3n) is 2.36. The summed E-state index contributed by atoms with van der Waals surface area (Å²) in [4.78, 5) is 8.62. The molecule has 2 heterocycles. The lowest BCUT2D eigenvalue weighted by molar-refractivity contribution is 0.468. The number of hydrogen-bond acceptors (Lipinski definition) is 4. The topological polar surface area (TPSA) is 64.9 Å². The molecule has 0 aliphatic carbocycles. The van der Waals surface area contributed by atoms with E-state index in [1.54, 1.807) is 0 Å². The van der Waals surface area contributed by atoms with Gasteiger partial charge in [0, 0.05) is 12.1 Å². The second-order valence-electron chi connectivity index (χ2n) is 3.93. The summed E-state index contributed by atoms with van der Waals surface area (Å²) >= 11 is 0. The number of rotatable bonds is 3. The van der Waals surface area contributed by atoms with E-state index in [2.05, 4.69) is 16.9 Å². The fourth-order valence-electron chi connectivity index (χ4n) is 1.43. The Kier molecular flexibility index (Phi) is 2.68. The van der Waals surface area contributed by atoms with E-state index < -0.39 is 0 Å². The number of hydrogen-bond donors (Lipinski definition) is 1. The zero-order valence-corrected chi connectivity index (χ0v) is 9.03. The Bertz CT molecular complexity index is 464. The normalized spacial score (nSPS) is 13.3. The first-order valence-corrected chi connectivity index (χ1v) is 5.12. The molecule has 2 N–H and O–H groups in total. The molecule has 0 saturated carbocycles. The first kappa shape index (κ1) is 10.1. The molecule has 80 valence electrons. The Labute approximate surface area is 88.5 Å². The fraction of sp³-hybridized carbons (Fsp3) is 0.455. The van der Waals surface area contributed by atoms with Gasteiger partial charge in [-0.2, -0.15) is 4.98 Å². The SMILES string of the molecule is Cc1ccc2oc(CC(C)CN)nc2n1. The summed E-state index contributed by atoms with van der Waals surface area (Å²) < 4.78 is 5.57. The van der Waals surface area contributed by atoms with Crippen LogP contribution in [0.3, 0.4) is 0 Å². The molecule has 0 radical (unpaired) electrons. The highest BCUT2D eigenvalue weighted by molar-refractivity contribution is 5.67. The quantitative estimate of drug-likeness (QED) is 0.827. The van der Waals surface area contributed by atoms with Crippen molar-refractivity contribution in [3.8, 4) is 0 Å². The van der Waals surface area contributed by atoms with Crippen molar-refractivity contribution in [2.75, 3.05) is 6.54 Å². The number of nitrogens with zero attached hydrogens (tertiary/aromatic N) is 2. The average molecular weight is 205 g/mol.